The monoisotopic (exact) mass is 425 g/mol. The number of alkyl halides is 3. The van der Waals surface area contributed by atoms with Crippen LogP contribution in [0.1, 0.15) is 54.4 Å². The lowest BCUT2D eigenvalue weighted by Gasteiger charge is -2.35. The Kier molecular flexibility index (Phi) is 4.75. The Labute approximate surface area is 170 Å². The van der Waals surface area contributed by atoms with Crippen LogP contribution in [0.25, 0.3) is 5.82 Å². The lowest BCUT2D eigenvalue weighted by Crippen LogP contribution is -2.54. The van der Waals surface area contributed by atoms with Crippen LogP contribution >= 0.6 is 0 Å². The van der Waals surface area contributed by atoms with Crippen LogP contribution in [-0.4, -0.2) is 44.6 Å². The first-order valence-electron chi connectivity index (χ1n) is 9.70. The number of fused-ring (bicyclic) bond motifs is 3. The number of halogens is 3. The summed E-state index contributed by atoms with van der Waals surface area (Å²) in [6, 6.07) is -1.54. The van der Waals surface area contributed by atoms with Gasteiger partial charge in [-0.3, -0.25) is 4.79 Å². The third-order valence-electron chi connectivity index (χ3n) is 6.25. The maximum absolute atomic E-state index is 13.4. The summed E-state index contributed by atoms with van der Waals surface area (Å²) in [6.07, 6.45) is 1.51. The zero-order chi connectivity index (χ0) is 21.8. The maximum Gasteiger partial charge on any atom is 0.396 e. The number of nitrogens with one attached hydrogen (secondary N) is 1. The molecule has 1 saturated carbocycles. The molecule has 1 unspecified atom stereocenters. The van der Waals surface area contributed by atoms with Gasteiger partial charge in [-0.15, -0.1) is 0 Å². The molecular formula is C19H22F3N5O3. The number of hydrogen-bond acceptors (Lipinski definition) is 5. The quantitative estimate of drug-likeness (QED) is 0.559. The van der Waals surface area contributed by atoms with Gasteiger partial charge < -0.3 is 15.6 Å². The fourth-order valence-electron chi connectivity index (χ4n) is 4.03. The lowest BCUT2D eigenvalue weighted by atomic mass is 9.83. The van der Waals surface area contributed by atoms with E-state index in [0.29, 0.717) is 22.6 Å². The minimum Gasteiger partial charge on any atom is -0.619 e. The fraction of sp³-hybridized carbons (Fsp3) is 0.579. The highest BCUT2D eigenvalue weighted by Crippen LogP contribution is 2.55. The van der Waals surface area contributed by atoms with Crippen molar-refractivity contribution in [2.24, 2.45) is 11.3 Å². The first-order valence-corrected chi connectivity index (χ1v) is 9.70. The zero-order valence-corrected chi connectivity index (χ0v) is 16.5. The van der Waals surface area contributed by atoms with Gasteiger partial charge in [0.15, 0.2) is 11.9 Å². The molecule has 1 amide bonds. The first kappa shape index (κ1) is 20.6. The number of carbonyl (C=O) groups is 1. The van der Waals surface area contributed by atoms with Gasteiger partial charge in [-0.05, 0) is 39.0 Å². The van der Waals surface area contributed by atoms with Gasteiger partial charge in [-0.2, -0.15) is 23.0 Å². The Morgan fingerprint density at radius 1 is 1.47 bits per heavy atom. The highest BCUT2D eigenvalue weighted by atomic mass is 19.4. The molecule has 0 aliphatic heterocycles. The normalized spacial score (nSPS) is 21.5. The Balaban J connectivity index is 1.71. The van der Waals surface area contributed by atoms with Crippen molar-refractivity contribution in [2.45, 2.75) is 51.2 Å². The minimum atomic E-state index is -4.62. The van der Waals surface area contributed by atoms with E-state index in [1.54, 1.807) is 0 Å². The lowest BCUT2D eigenvalue weighted by molar-refractivity contribution is -0.605. The van der Waals surface area contributed by atoms with Crippen molar-refractivity contribution in [3.63, 3.8) is 0 Å². The standard InChI is InChI=1S/C19H22F3N5O3/c1-18(2,19(20,21)22)13(9-28)24-17(29)15-11-4-3-10-7-12(10)16(11)27(25-15)14-8-26(30)6-5-23-14/h5-6,8,10,12-13,28H,3-4,7,9H2,1-2H3,(H,24,29)/t10-,12+,13?/m1/s1. The van der Waals surface area contributed by atoms with Crippen molar-refractivity contribution in [3.8, 4) is 5.82 Å². The van der Waals surface area contributed by atoms with Crippen LogP contribution in [0.15, 0.2) is 18.6 Å². The molecule has 11 heteroatoms. The zero-order valence-electron chi connectivity index (χ0n) is 16.5. The number of carbonyl (C=O) groups excluding carboxylic acids is 1. The van der Waals surface area contributed by atoms with Crippen molar-refractivity contribution in [1.82, 2.24) is 20.1 Å². The molecule has 30 heavy (non-hydrogen) atoms. The van der Waals surface area contributed by atoms with E-state index in [9.17, 15) is 28.3 Å². The number of aliphatic hydroxyl groups excluding tert-OH is 1. The third kappa shape index (κ3) is 3.30. The second-order valence-corrected chi connectivity index (χ2v) is 8.47. The highest BCUT2D eigenvalue weighted by molar-refractivity contribution is 5.94. The molecule has 0 bridgehead atoms. The molecule has 162 valence electrons. The van der Waals surface area contributed by atoms with E-state index < -0.39 is 30.1 Å². The Hall–Kier alpha value is -2.69. The predicted molar refractivity (Wildman–Crippen MR) is 97.7 cm³/mol. The molecule has 2 aliphatic carbocycles. The Bertz CT molecular complexity index is 988. The van der Waals surface area contributed by atoms with E-state index in [4.69, 9.17) is 0 Å². The van der Waals surface area contributed by atoms with Gasteiger partial charge in [0.25, 0.3) is 5.91 Å². The molecule has 0 saturated heterocycles. The van der Waals surface area contributed by atoms with Crippen LogP contribution in [0, 0.1) is 16.5 Å². The number of hydrogen-bond donors (Lipinski definition) is 2. The summed E-state index contributed by atoms with van der Waals surface area (Å²) in [5.74, 6) is 0.113. The van der Waals surface area contributed by atoms with E-state index >= 15 is 0 Å². The second kappa shape index (κ2) is 6.93. The van der Waals surface area contributed by atoms with Gasteiger partial charge in [-0.25, -0.2) is 9.67 Å². The van der Waals surface area contributed by atoms with Gasteiger partial charge >= 0.3 is 6.18 Å². The summed E-state index contributed by atoms with van der Waals surface area (Å²) in [4.78, 5) is 17.1. The molecule has 0 spiro atoms. The summed E-state index contributed by atoms with van der Waals surface area (Å²) < 4.78 is 42.2. The molecule has 0 radical (unpaired) electrons. The van der Waals surface area contributed by atoms with Crippen LogP contribution in [0.2, 0.25) is 0 Å². The van der Waals surface area contributed by atoms with Gasteiger partial charge in [0.2, 0.25) is 12.0 Å². The number of rotatable bonds is 5. The smallest absolute Gasteiger partial charge is 0.396 e. The molecule has 2 aliphatic rings. The Morgan fingerprint density at radius 2 is 2.20 bits per heavy atom. The van der Waals surface area contributed by atoms with Crippen molar-refractivity contribution < 1.29 is 27.8 Å². The maximum atomic E-state index is 13.4. The number of aromatic nitrogens is 4. The third-order valence-corrected chi connectivity index (χ3v) is 6.25. The fourth-order valence-corrected chi connectivity index (χ4v) is 4.03. The van der Waals surface area contributed by atoms with Crippen LogP contribution < -0.4 is 10.0 Å². The van der Waals surface area contributed by atoms with Crippen LogP contribution in [0.4, 0.5) is 13.2 Å². The first-order chi connectivity index (χ1) is 14.0. The molecule has 2 heterocycles. The molecule has 2 aromatic heterocycles. The average molecular weight is 425 g/mol. The van der Waals surface area contributed by atoms with Crippen LogP contribution in [0.3, 0.4) is 0 Å². The van der Waals surface area contributed by atoms with E-state index in [-0.39, 0.29) is 17.4 Å². The summed E-state index contributed by atoms with van der Waals surface area (Å²) in [6.45, 7) is 0.984. The molecule has 2 aromatic rings. The van der Waals surface area contributed by atoms with Gasteiger partial charge in [0.1, 0.15) is 0 Å². The van der Waals surface area contributed by atoms with Crippen LogP contribution in [-0.2, 0) is 6.42 Å². The molecule has 4 rings (SSSR count). The van der Waals surface area contributed by atoms with E-state index in [2.05, 4.69) is 15.4 Å². The summed E-state index contributed by atoms with van der Waals surface area (Å²) >= 11 is 0. The van der Waals surface area contributed by atoms with E-state index in [0.717, 1.165) is 32.4 Å². The van der Waals surface area contributed by atoms with Gasteiger partial charge in [-0.1, -0.05) is 0 Å². The number of aliphatic hydroxyl groups is 1. The van der Waals surface area contributed by atoms with Gasteiger partial charge in [0, 0.05) is 11.5 Å². The highest BCUT2D eigenvalue weighted by Gasteiger charge is 2.53. The van der Waals surface area contributed by atoms with Gasteiger partial charge in [0.05, 0.1) is 30.0 Å². The summed E-state index contributed by atoms with van der Waals surface area (Å²) in [5, 5.41) is 27.9. The summed E-state index contributed by atoms with van der Waals surface area (Å²) in [5.41, 5.74) is -0.882. The predicted octanol–water partition coefficient (Wildman–Crippen LogP) is 1.63. The van der Waals surface area contributed by atoms with Crippen LogP contribution in [0.5, 0.6) is 0 Å². The molecule has 2 N–H and O–H groups in total. The largest absolute Gasteiger partial charge is 0.619 e. The molecule has 3 atom stereocenters. The molecule has 0 aromatic carbocycles. The number of nitrogens with zero attached hydrogens (tertiary/aromatic N) is 4. The van der Waals surface area contributed by atoms with E-state index in [1.807, 2.05) is 0 Å². The molecule has 8 nitrogen and oxygen atoms in total. The average Bonchev–Trinajstić information content (AvgIpc) is 3.36. The molecular weight excluding hydrogens is 403 g/mol. The van der Waals surface area contributed by atoms with E-state index in [1.165, 1.54) is 23.3 Å². The Morgan fingerprint density at radius 3 is 2.83 bits per heavy atom. The minimum absolute atomic E-state index is 0.00914. The van der Waals surface area contributed by atoms with Crippen molar-refractivity contribution in [3.05, 3.63) is 40.7 Å². The number of amides is 1. The topological polar surface area (TPSA) is 107 Å². The molecule has 1 fully saturated rings. The van der Waals surface area contributed by atoms with Crippen molar-refractivity contribution in [1.29, 1.82) is 0 Å². The second-order valence-electron chi connectivity index (χ2n) is 8.47. The SMILES string of the molecule is CC(C)(C(CO)NC(=O)c1nn(-c2c[n+]([O-])ccn2)c2c1CC[C@@H]1C[C@H]21)C(F)(F)F. The summed E-state index contributed by atoms with van der Waals surface area (Å²) in [7, 11) is 0. The van der Waals surface area contributed by atoms with Crippen molar-refractivity contribution >= 4 is 5.91 Å². The van der Waals surface area contributed by atoms with Crippen molar-refractivity contribution in [2.75, 3.05) is 6.61 Å².